The largest absolute Gasteiger partial charge is 0.492 e. The summed E-state index contributed by atoms with van der Waals surface area (Å²) < 4.78 is 13.4. The molecular weight excluding hydrogens is 526 g/mol. The summed E-state index contributed by atoms with van der Waals surface area (Å²) in [6.07, 6.45) is 0. The van der Waals surface area contributed by atoms with Gasteiger partial charge in [0.05, 0.1) is 30.3 Å². The molecule has 0 bridgehead atoms. The number of nitrogens with one attached hydrogen (secondary N) is 2. The Morgan fingerprint density at radius 3 is 2.24 bits per heavy atom. The summed E-state index contributed by atoms with van der Waals surface area (Å²) >= 11 is 0. The van der Waals surface area contributed by atoms with Crippen LogP contribution in [0.4, 0.5) is 16.3 Å². The minimum atomic E-state index is -0.339. The molecule has 4 aromatic rings. The van der Waals surface area contributed by atoms with Crippen LogP contribution in [0.5, 0.6) is 5.75 Å². The van der Waals surface area contributed by atoms with Crippen molar-refractivity contribution in [2.75, 3.05) is 50.1 Å². The molecule has 0 aliphatic carbocycles. The van der Waals surface area contributed by atoms with Crippen LogP contribution in [0.1, 0.15) is 52.8 Å². The number of anilines is 2. The van der Waals surface area contributed by atoms with Gasteiger partial charge in [-0.25, -0.2) is 9.48 Å². The minimum absolute atomic E-state index is 0.0479. The second-order valence-electron chi connectivity index (χ2n) is 12.9. The Morgan fingerprint density at radius 1 is 0.881 bits per heavy atom. The van der Waals surface area contributed by atoms with Crippen LogP contribution >= 0.6 is 0 Å². The highest BCUT2D eigenvalue weighted by molar-refractivity contribution is 6.07. The van der Waals surface area contributed by atoms with Gasteiger partial charge >= 0.3 is 6.03 Å². The van der Waals surface area contributed by atoms with Crippen molar-refractivity contribution in [1.82, 2.24) is 14.7 Å². The van der Waals surface area contributed by atoms with Crippen molar-refractivity contribution in [2.45, 2.75) is 52.4 Å². The molecule has 8 nitrogen and oxygen atoms in total. The Hall–Kier alpha value is -3.88. The summed E-state index contributed by atoms with van der Waals surface area (Å²) in [4.78, 5) is 15.7. The molecule has 0 radical (unpaired) electrons. The van der Waals surface area contributed by atoms with Crippen LogP contribution in [0.3, 0.4) is 0 Å². The molecule has 5 rings (SSSR count). The topological polar surface area (TPSA) is 80.7 Å². The van der Waals surface area contributed by atoms with E-state index in [0.717, 1.165) is 60.8 Å². The Morgan fingerprint density at radius 2 is 1.57 bits per heavy atom. The lowest BCUT2D eigenvalue weighted by molar-refractivity contribution is 0.0323. The molecule has 3 aromatic carbocycles. The summed E-state index contributed by atoms with van der Waals surface area (Å²) in [5.41, 5.74) is 3.59. The van der Waals surface area contributed by atoms with E-state index in [1.54, 1.807) is 4.68 Å². The summed E-state index contributed by atoms with van der Waals surface area (Å²) in [6, 6.07) is 21.7. The molecule has 8 heteroatoms. The molecule has 0 atom stereocenters. The lowest BCUT2D eigenvalue weighted by atomic mass is 9.87. The van der Waals surface area contributed by atoms with E-state index in [1.807, 2.05) is 42.5 Å². The molecule has 42 heavy (non-hydrogen) atoms. The van der Waals surface area contributed by atoms with Gasteiger partial charge in [0.1, 0.15) is 18.2 Å². The summed E-state index contributed by atoms with van der Waals surface area (Å²) in [6.45, 7) is 17.8. The number of fused-ring (bicyclic) bond motifs is 1. The lowest BCUT2D eigenvalue weighted by Gasteiger charge is -2.26. The van der Waals surface area contributed by atoms with E-state index in [-0.39, 0.29) is 16.9 Å². The Kier molecular flexibility index (Phi) is 8.57. The maximum atomic E-state index is 13.4. The first-order chi connectivity index (χ1) is 20.0. The van der Waals surface area contributed by atoms with E-state index in [4.69, 9.17) is 14.6 Å². The molecule has 2 N–H and O–H groups in total. The summed E-state index contributed by atoms with van der Waals surface area (Å²) in [5.74, 6) is 1.41. The second-order valence-corrected chi connectivity index (χ2v) is 12.9. The van der Waals surface area contributed by atoms with Crippen molar-refractivity contribution in [3.63, 3.8) is 0 Å². The fraction of sp³-hybridized carbons (Fsp3) is 0.412. The number of benzene rings is 3. The number of urea groups is 1. The second kappa shape index (κ2) is 12.2. The molecule has 1 fully saturated rings. The predicted octanol–water partition coefficient (Wildman–Crippen LogP) is 6.98. The first-order valence-electron chi connectivity index (χ1n) is 14.7. The van der Waals surface area contributed by atoms with Crippen LogP contribution < -0.4 is 15.4 Å². The fourth-order valence-electron chi connectivity index (χ4n) is 5.02. The Bertz CT molecular complexity index is 1520. The monoisotopic (exact) mass is 569 g/mol. The smallest absolute Gasteiger partial charge is 0.324 e. The van der Waals surface area contributed by atoms with Gasteiger partial charge in [-0.1, -0.05) is 77.9 Å². The number of carbonyl (C=O) groups is 1. The van der Waals surface area contributed by atoms with Crippen LogP contribution in [0.15, 0.2) is 66.7 Å². The van der Waals surface area contributed by atoms with Crippen LogP contribution in [0, 0.1) is 0 Å². The van der Waals surface area contributed by atoms with Gasteiger partial charge in [0, 0.05) is 41.9 Å². The van der Waals surface area contributed by atoms with Crippen molar-refractivity contribution >= 4 is 28.3 Å². The van der Waals surface area contributed by atoms with Gasteiger partial charge in [-0.05, 0) is 35.2 Å². The van der Waals surface area contributed by atoms with Crippen molar-refractivity contribution in [3.05, 3.63) is 78.0 Å². The number of rotatable bonds is 7. The zero-order valence-electron chi connectivity index (χ0n) is 25.7. The van der Waals surface area contributed by atoms with Gasteiger partial charge in [-0.3, -0.25) is 10.2 Å². The zero-order valence-corrected chi connectivity index (χ0v) is 25.7. The maximum absolute atomic E-state index is 13.4. The summed E-state index contributed by atoms with van der Waals surface area (Å²) in [5, 5.41) is 12.8. The SMILES string of the molecule is CC(C)(C)c1ccc(-n2nc(C(C)(C)C)cc2NC(=O)Nc2ccc(OCCN3CCOCC3)c3ccccc23)cc1. The van der Waals surface area contributed by atoms with E-state index >= 15 is 0 Å². The Labute approximate surface area is 249 Å². The molecule has 222 valence electrons. The molecule has 1 aliphatic heterocycles. The third-order valence-electron chi connectivity index (χ3n) is 7.60. The van der Waals surface area contributed by atoms with E-state index < -0.39 is 0 Å². The van der Waals surface area contributed by atoms with E-state index in [9.17, 15) is 4.79 Å². The van der Waals surface area contributed by atoms with Crippen LogP contribution in [0.2, 0.25) is 0 Å². The van der Waals surface area contributed by atoms with Crippen molar-refractivity contribution in [2.24, 2.45) is 0 Å². The number of morpholine rings is 1. The number of hydrogen-bond donors (Lipinski definition) is 2. The van der Waals surface area contributed by atoms with Gasteiger partial charge in [-0.2, -0.15) is 5.10 Å². The first-order valence-corrected chi connectivity index (χ1v) is 14.7. The van der Waals surface area contributed by atoms with Crippen LogP contribution in [-0.4, -0.2) is 60.2 Å². The normalized spacial score (nSPS) is 14.6. The number of hydrogen-bond acceptors (Lipinski definition) is 5. The number of amides is 2. The molecule has 1 aliphatic rings. The van der Waals surface area contributed by atoms with Crippen molar-refractivity contribution < 1.29 is 14.3 Å². The van der Waals surface area contributed by atoms with Crippen LogP contribution in [-0.2, 0) is 15.6 Å². The number of nitrogens with zero attached hydrogens (tertiary/aromatic N) is 3. The van der Waals surface area contributed by atoms with E-state index in [1.165, 1.54) is 5.56 Å². The highest BCUT2D eigenvalue weighted by Gasteiger charge is 2.22. The van der Waals surface area contributed by atoms with Gasteiger partial charge in [0.2, 0.25) is 0 Å². The molecule has 2 amide bonds. The molecule has 1 aromatic heterocycles. The van der Waals surface area contributed by atoms with E-state index in [0.29, 0.717) is 18.1 Å². The van der Waals surface area contributed by atoms with Crippen molar-refractivity contribution in [1.29, 1.82) is 0 Å². The van der Waals surface area contributed by atoms with Gasteiger partial charge in [0.15, 0.2) is 0 Å². The predicted molar refractivity (Wildman–Crippen MR) is 170 cm³/mol. The summed E-state index contributed by atoms with van der Waals surface area (Å²) in [7, 11) is 0. The fourth-order valence-corrected chi connectivity index (χ4v) is 5.02. The van der Waals surface area contributed by atoms with E-state index in [2.05, 4.69) is 81.3 Å². The minimum Gasteiger partial charge on any atom is -0.492 e. The molecule has 2 heterocycles. The van der Waals surface area contributed by atoms with Gasteiger partial charge < -0.3 is 14.8 Å². The first kappa shape index (κ1) is 29.6. The number of ether oxygens (including phenoxy) is 2. The number of carbonyl (C=O) groups excluding carboxylic acids is 1. The molecule has 1 saturated heterocycles. The zero-order chi connectivity index (χ0) is 29.9. The third-order valence-corrected chi connectivity index (χ3v) is 7.60. The standard InChI is InChI=1S/C34H43N5O3/c1-33(2,3)24-11-13-25(14-12-24)39-31(23-30(37-39)34(4,5)6)36-32(40)35-28-15-16-29(27-10-8-7-9-26(27)28)42-22-19-38-17-20-41-21-18-38/h7-16,23H,17-22H2,1-6H3,(H2,35,36,40). The number of aromatic nitrogens is 2. The van der Waals surface area contributed by atoms with Gasteiger partial charge in [-0.15, -0.1) is 0 Å². The Balaban J connectivity index is 1.34. The van der Waals surface area contributed by atoms with Crippen molar-refractivity contribution in [3.8, 4) is 11.4 Å². The molecular formula is C34H43N5O3. The molecule has 0 unspecified atom stereocenters. The quantitative estimate of drug-likeness (QED) is 0.251. The van der Waals surface area contributed by atoms with Crippen LogP contribution in [0.25, 0.3) is 16.5 Å². The average molecular weight is 570 g/mol. The van der Waals surface area contributed by atoms with Gasteiger partial charge in [0.25, 0.3) is 0 Å². The maximum Gasteiger partial charge on any atom is 0.324 e. The molecule has 0 spiro atoms. The lowest BCUT2D eigenvalue weighted by Crippen LogP contribution is -2.38. The third kappa shape index (κ3) is 6.94. The average Bonchev–Trinajstić information content (AvgIpc) is 3.38. The highest BCUT2D eigenvalue weighted by atomic mass is 16.5. The highest BCUT2D eigenvalue weighted by Crippen LogP contribution is 2.32. The molecule has 0 saturated carbocycles.